The molecule has 0 saturated carbocycles. The molecule has 1 aliphatic heterocycles. The number of methoxy groups -OCH3 is 1. The Labute approximate surface area is 203 Å². The van der Waals surface area contributed by atoms with Crippen molar-refractivity contribution in [3.63, 3.8) is 0 Å². The minimum atomic E-state index is -5.29. The number of benzene rings is 1. The van der Waals surface area contributed by atoms with Gasteiger partial charge in [-0.05, 0) is 30.2 Å². The van der Waals surface area contributed by atoms with Crippen molar-refractivity contribution in [3.05, 3.63) is 46.1 Å². The summed E-state index contributed by atoms with van der Waals surface area (Å²) >= 11 is 6.09. The number of carbonyl (C=O) groups excluding carboxylic acids is 2. The van der Waals surface area contributed by atoms with E-state index in [1.54, 1.807) is 18.2 Å². The summed E-state index contributed by atoms with van der Waals surface area (Å²) in [6, 6.07) is 3.79. The molecule has 15 heteroatoms. The smallest absolute Gasteiger partial charge is 0.451 e. The molecule has 3 aromatic rings. The molecule has 1 aliphatic rings. The molecular weight excluding hydrogens is 520 g/mol. The zero-order chi connectivity index (χ0) is 26.4. The van der Waals surface area contributed by atoms with Gasteiger partial charge < -0.3 is 14.6 Å². The average Bonchev–Trinajstić information content (AvgIpc) is 3.16. The van der Waals surface area contributed by atoms with E-state index < -0.39 is 60.6 Å². The van der Waals surface area contributed by atoms with Gasteiger partial charge in [0, 0.05) is 34.6 Å². The molecule has 1 unspecified atom stereocenters. The van der Waals surface area contributed by atoms with E-state index in [4.69, 9.17) is 11.6 Å². The number of nitrogens with one attached hydrogen (secondary N) is 1. The summed E-state index contributed by atoms with van der Waals surface area (Å²) in [4.78, 5) is 37.4. The third-order valence-corrected chi connectivity index (χ3v) is 5.83. The molecule has 1 atom stereocenters. The van der Waals surface area contributed by atoms with Crippen molar-refractivity contribution in [2.75, 3.05) is 18.6 Å². The van der Waals surface area contributed by atoms with Crippen molar-refractivity contribution in [3.8, 4) is 0 Å². The molecule has 0 fully saturated rings. The van der Waals surface area contributed by atoms with E-state index in [9.17, 15) is 35.9 Å². The largest absolute Gasteiger partial charge is 0.469 e. The van der Waals surface area contributed by atoms with Crippen LogP contribution in [0.2, 0.25) is 5.02 Å². The third kappa shape index (κ3) is 5.08. The number of hydrogen-bond donors (Lipinski definition) is 1. The van der Waals surface area contributed by atoms with Crippen LogP contribution in [0.1, 0.15) is 41.8 Å². The monoisotopic (exact) mass is 535 g/mol. The molecule has 4 rings (SSSR count). The molecule has 0 aliphatic carbocycles. The summed E-state index contributed by atoms with van der Waals surface area (Å²) in [7, 11) is 1.07. The van der Waals surface area contributed by atoms with Gasteiger partial charge in [-0.1, -0.05) is 11.6 Å². The van der Waals surface area contributed by atoms with Crippen molar-refractivity contribution in [1.29, 1.82) is 0 Å². The van der Waals surface area contributed by atoms with Crippen LogP contribution < -0.4 is 4.90 Å². The predicted molar refractivity (Wildman–Crippen MR) is 113 cm³/mol. The SMILES string of the molecule is COC(=O)CC(=O)CC1c2[nH]c3ccc(Cl)cc3c2CCN1c1nc(C(F)(F)F)nc(C(F)(F)F)n1. The van der Waals surface area contributed by atoms with Crippen molar-refractivity contribution in [1.82, 2.24) is 19.9 Å². The zero-order valence-electron chi connectivity index (χ0n) is 18.3. The van der Waals surface area contributed by atoms with Crippen molar-refractivity contribution in [2.24, 2.45) is 0 Å². The Balaban J connectivity index is 1.85. The highest BCUT2D eigenvalue weighted by atomic mass is 35.5. The maximum absolute atomic E-state index is 13.3. The Hall–Kier alpha value is -3.42. The van der Waals surface area contributed by atoms with Crippen LogP contribution in [0.25, 0.3) is 10.9 Å². The van der Waals surface area contributed by atoms with Crippen LogP contribution >= 0.6 is 11.6 Å². The Bertz CT molecular complexity index is 1310. The molecule has 36 heavy (non-hydrogen) atoms. The van der Waals surface area contributed by atoms with Crippen LogP contribution in [0, 0.1) is 0 Å². The second-order valence-electron chi connectivity index (χ2n) is 7.94. The van der Waals surface area contributed by atoms with Gasteiger partial charge in [0.05, 0.1) is 13.2 Å². The van der Waals surface area contributed by atoms with E-state index in [0.717, 1.165) is 12.0 Å². The minimum absolute atomic E-state index is 0.124. The number of aromatic nitrogens is 4. The van der Waals surface area contributed by atoms with Crippen LogP contribution in [0.4, 0.5) is 32.3 Å². The van der Waals surface area contributed by atoms with Gasteiger partial charge in [-0.25, -0.2) is 4.98 Å². The standard InChI is InChI=1S/C21H16ClF6N5O3/c1-36-15(35)8-10(34)7-14-16-11(12-6-9(22)2-3-13(12)29-16)4-5-33(14)19-31-17(20(23,24)25)30-18(32-19)21(26,27)28/h2-3,6,14,29H,4-5,7-8H2,1H3. The van der Waals surface area contributed by atoms with Gasteiger partial charge in [0.1, 0.15) is 12.2 Å². The average molecular weight is 536 g/mol. The summed E-state index contributed by atoms with van der Waals surface area (Å²) in [5.74, 6) is -6.43. The van der Waals surface area contributed by atoms with Gasteiger partial charge in [-0.3, -0.25) is 9.59 Å². The van der Waals surface area contributed by atoms with E-state index in [1.807, 2.05) is 0 Å². The fourth-order valence-electron chi connectivity index (χ4n) is 4.06. The molecular formula is C21H16ClF6N5O3. The molecule has 0 saturated heterocycles. The van der Waals surface area contributed by atoms with Crippen molar-refractivity contribution < 1.29 is 40.7 Å². The maximum atomic E-state index is 13.3. The lowest BCUT2D eigenvalue weighted by molar-refractivity contribution is -0.155. The maximum Gasteiger partial charge on any atom is 0.451 e. The van der Waals surface area contributed by atoms with Crippen LogP contribution in [0.5, 0.6) is 0 Å². The number of aromatic amines is 1. The number of anilines is 1. The number of halogens is 7. The van der Waals surface area contributed by atoms with Crippen LogP contribution in [-0.4, -0.2) is 45.3 Å². The lowest BCUT2D eigenvalue weighted by Crippen LogP contribution is -2.39. The van der Waals surface area contributed by atoms with E-state index in [1.165, 1.54) is 0 Å². The Morgan fingerprint density at radius 1 is 1.11 bits per heavy atom. The zero-order valence-corrected chi connectivity index (χ0v) is 19.1. The van der Waals surface area contributed by atoms with Gasteiger partial charge in [0.2, 0.25) is 17.6 Å². The molecule has 2 aromatic heterocycles. The molecule has 192 valence electrons. The fraction of sp³-hybridized carbons (Fsp3) is 0.381. The number of alkyl halides is 6. The topological polar surface area (TPSA) is 101 Å². The van der Waals surface area contributed by atoms with Gasteiger partial charge in [0.15, 0.2) is 0 Å². The number of rotatable bonds is 5. The fourth-order valence-corrected chi connectivity index (χ4v) is 4.23. The van der Waals surface area contributed by atoms with Gasteiger partial charge in [-0.2, -0.15) is 36.3 Å². The predicted octanol–water partition coefficient (Wildman–Crippen LogP) is 4.67. The summed E-state index contributed by atoms with van der Waals surface area (Å²) in [5.41, 5.74) is 1.64. The second kappa shape index (κ2) is 9.22. The number of fused-ring (bicyclic) bond motifs is 3. The quantitative estimate of drug-likeness (QED) is 0.288. The first-order valence-corrected chi connectivity index (χ1v) is 10.7. The van der Waals surface area contributed by atoms with E-state index in [2.05, 4.69) is 24.7 Å². The van der Waals surface area contributed by atoms with Gasteiger partial charge >= 0.3 is 18.3 Å². The van der Waals surface area contributed by atoms with E-state index in [0.29, 0.717) is 27.2 Å². The number of hydrogen-bond acceptors (Lipinski definition) is 7. The van der Waals surface area contributed by atoms with Gasteiger partial charge in [0.25, 0.3) is 0 Å². The molecule has 0 bridgehead atoms. The summed E-state index contributed by atoms with van der Waals surface area (Å²) in [6.45, 7) is -0.124. The molecule has 0 amide bonds. The van der Waals surface area contributed by atoms with Gasteiger partial charge in [-0.15, -0.1) is 0 Å². The lowest BCUT2D eigenvalue weighted by Gasteiger charge is -2.36. The Morgan fingerprint density at radius 2 is 1.75 bits per heavy atom. The number of ketones is 1. The Kier molecular flexibility index (Phi) is 6.58. The molecule has 0 spiro atoms. The number of carbonyl (C=O) groups is 2. The molecule has 0 radical (unpaired) electrons. The van der Waals surface area contributed by atoms with E-state index >= 15 is 0 Å². The van der Waals surface area contributed by atoms with E-state index in [-0.39, 0.29) is 13.0 Å². The summed E-state index contributed by atoms with van der Waals surface area (Å²) in [5, 5.41) is 1.09. The first-order chi connectivity index (χ1) is 16.8. The summed E-state index contributed by atoms with van der Waals surface area (Å²) < 4.78 is 84.6. The first-order valence-electron chi connectivity index (χ1n) is 10.3. The number of Topliss-reactive ketones (excluding diaryl/α,β-unsaturated/α-hetero) is 1. The molecule has 1 aromatic carbocycles. The van der Waals surface area contributed by atoms with Crippen LogP contribution in [0.3, 0.4) is 0 Å². The molecule has 1 N–H and O–H groups in total. The highest BCUT2D eigenvalue weighted by Crippen LogP contribution is 2.40. The number of ether oxygens (including phenoxy) is 1. The molecule has 8 nitrogen and oxygen atoms in total. The number of esters is 1. The normalized spacial score (nSPS) is 16.2. The van der Waals surface area contributed by atoms with Crippen molar-refractivity contribution >= 4 is 40.2 Å². The lowest BCUT2D eigenvalue weighted by atomic mass is 9.93. The highest BCUT2D eigenvalue weighted by molar-refractivity contribution is 6.31. The minimum Gasteiger partial charge on any atom is -0.469 e. The Morgan fingerprint density at radius 3 is 2.33 bits per heavy atom. The highest BCUT2D eigenvalue weighted by Gasteiger charge is 2.43. The third-order valence-electron chi connectivity index (χ3n) is 5.59. The first kappa shape index (κ1) is 25.7. The number of nitrogens with zero attached hydrogens (tertiary/aromatic N) is 4. The number of H-pyrrole nitrogens is 1. The second-order valence-corrected chi connectivity index (χ2v) is 8.38. The molecule has 3 heterocycles. The van der Waals surface area contributed by atoms with Crippen LogP contribution in [0.15, 0.2) is 18.2 Å². The van der Waals surface area contributed by atoms with Crippen molar-refractivity contribution in [2.45, 2.75) is 37.7 Å². The summed E-state index contributed by atoms with van der Waals surface area (Å²) in [6.07, 6.45) is -11.5. The van der Waals surface area contributed by atoms with Crippen LogP contribution in [-0.2, 0) is 33.1 Å².